The molecule has 0 saturated carbocycles. The second-order valence-corrected chi connectivity index (χ2v) is 3.65. The lowest BCUT2D eigenvalue weighted by Gasteiger charge is -2.15. The molecule has 0 aromatic heterocycles. The normalized spacial score (nSPS) is 11.7. The number of hydrogen-bond donors (Lipinski definition) is 1. The number of benzene rings is 1. The van der Waals surface area contributed by atoms with Crippen molar-refractivity contribution < 1.29 is 14.3 Å². The van der Waals surface area contributed by atoms with E-state index in [-0.39, 0.29) is 5.91 Å². The summed E-state index contributed by atoms with van der Waals surface area (Å²) in [4.78, 5) is 22.5. The molecule has 0 aliphatic rings. The second-order valence-electron chi connectivity index (χ2n) is 3.21. The van der Waals surface area contributed by atoms with Gasteiger partial charge in [-0.1, -0.05) is 23.7 Å². The lowest BCUT2D eigenvalue weighted by atomic mass is 10.1. The number of ether oxygens (including phenoxy) is 1. The fraction of sp³-hybridized carbons (Fsp3) is 0.273. The Morgan fingerprint density at radius 2 is 2.12 bits per heavy atom. The third-order valence-corrected chi connectivity index (χ3v) is 2.20. The predicted octanol–water partition coefficient (Wildman–Crippen LogP) is 1.69. The van der Waals surface area contributed by atoms with Crippen LogP contribution in [0.1, 0.15) is 18.5 Å². The van der Waals surface area contributed by atoms with Gasteiger partial charge in [0.05, 0.1) is 7.11 Å². The molecule has 0 aliphatic carbocycles. The van der Waals surface area contributed by atoms with E-state index in [2.05, 4.69) is 10.1 Å². The number of methoxy groups -OCH3 is 1. The third-order valence-electron chi connectivity index (χ3n) is 1.97. The van der Waals surface area contributed by atoms with Crippen molar-refractivity contribution in [3.8, 4) is 0 Å². The maximum Gasteiger partial charge on any atom is 0.333 e. The summed E-state index contributed by atoms with van der Waals surface area (Å²) in [6, 6.07) is 5.88. The first-order valence-electron chi connectivity index (χ1n) is 4.65. The summed E-state index contributed by atoms with van der Waals surface area (Å²) < 4.78 is 4.61. The number of esters is 1. The van der Waals surface area contributed by atoms with E-state index in [9.17, 15) is 9.59 Å². The van der Waals surface area contributed by atoms with Crippen molar-refractivity contribution in [2.75, 3.05) is 7.11 Å². The van der Waals surface area contributed by atoms with E-state index in [1.807, 2.05) is 0 Å². The average molecular weight is 242 g/mol. The molecule has 0 radical (unpaired) electrons. The van der Waals surface area contributed by atoms with Crippen molar-refractivity contribution in [2.45, 2.75) is 13.0 Å². The van der Waals surface area contributed by atoms with Crippen molar-refractivity contribution in [2.24, 2.45) is 0 Å². The van der Waals surface area contributed by atoms with Gasteiger partial charge in [-0.25, -0.2) is 4.79 Å². The Morgan fingerprint density at radius 3 is 2.62 bits per heavy atom. The summed E-state index contributed by atoms with van der Waals surface area (Å²) in [5.41, 5.74) is 0.592. The summed E-state index contributed by atoms with van der Waals surface area (Å²) in [7, 11) is 1.27. The molecule has 1 atom stereocenters. The highest BCUT2D eigenvalue weighted by Crippen LogP contribution is 2.18. The van der Waals surface area contributed by atoms with E-state index < -0.39 is 12.0 Å². The highest BCUT2D eigenvalue weighted by Gasteiger charge is 2.22. The molecule has 0 heterocycles. The number of carbonyl (C=O) groups excluding carboxylic acids is 2. The van der Waals surface area contributed by atoms with Crippen molar-refractivity contribution in [3.63, 3.8) is 0 Å². The summed E-state index contributed by atoms with van der Waals surface area (Å²) in [6.07, 6.45) is 0. The SMILES string of the molecule is COC(=O)C(NC(C)=O)c1cccc(Cl)c1. The van der Waals surface area contributed by atoms with Crippen LogP contribution in [0.25, 0.3) is 0 Å². The maximum absolute atomic E-state index is 11.5. The Kier molecular flexibility index (Phi) is 4.31. The molecule has 1 amide bonds. The van der Waals surface area contributed by atoms with E-state index in [0.717, 1.165) is 0 Å². The second kappa shape index (κ2) is 5.51. The number of rotatable bonds is 3. The van der Waals surface area contributed by atoms with E-state index in [4.69, 9.17) is 11.6 Å². The van der Waals surface area contributed by atoms with Gasteiger partial charge in [-0.05, 0) is 17.7 Å². The molecular formula is C11H12ClNO3. The molecule has 4 nitrogen and oxygen atoms in total. The fourth-order valence-corrected chi connectivity index (χ4v) is 1.48. The number of carbonyl (C=O) groups is 2. The Balaban J connectivity index is 3.00. The van der Waals surface area contributed by atoms with Gasteiger partial charge in [-0.2, -0.15) is 0 Å². The summed E-state index contributed by atoms with van der Waals surface area (Å²) >= 11 is 5.81. The molecule has 0 bridgehead atoms. The number of hydrogen-bond acceptors (Lipinski definition) is 3. The smallest absolute Gasteiger partial charge is 0.333 e. The predicted molar refractivity (Wildman–Crippen MR) is 60.0 cm³/mol. The highest BCUT2D eigenvalue weighted by atomic mass is 35.5. The first kappa shape index (κ1) is 12.5. The topological polar surface area (TPSA) is 55.4 Å². The average Bonchev–Trinajstić information content (AvgIpc) is 2.24. The lowest BCUT2D eigenvalue weighted by Crippen LogP contribution is -2.32. The Labute approximate surface area is 98.5 Å². The molecular weight excluding hydrogens is 230 g/mol. The van der Waals surface area contributed by atoms with Gasteiger partial charge in [0.2, 0.25) is 5.91 Å². The van der Waals surface area contributed by atoms with Crippen molar-refractivity contribution in [1.29, 1.82) is 0 Å². The molecule has 0 saturated heterocycles. The summed E-state index contributed by atoms with van der Waals surface area (Å²) in [5.74, 6) is -0.840. The number of amides is 1. The fourth-order valence-electron chi connectivity index (χ4n) is 1.29. The molecule has 1 aromatic rings. The molecule has 0 spiro atoms. The molecule has 16 heavy (non-hydrogen) atoms. The van der Waals surface area contributed by atoms with Crippen LogP contribution in [0.4, 0.5) is 0 Å². The Bertz CT molecular complexity index is 406. The molecule has 5 heteroatoms. The minimum absolute atomic E-state index is 0.310. The Morgan fingerprint density at radius 1 is 1.44 bits per heavy atom. The molecule has 1 unspecified atom stereocenters. The van der Waals surface area contributed by atoms with Crippen LogP contribution >= 0.6 is 11.6 Å². The van der Waals surface area contributed by atoms with Crippen molar-refractivity contribution in [3.05, 3.63) is 34.9 Å². The third kappa shape index (κ3) is 3.24. The number of halogens is 1. The van der Waals surface area contributed by atoms with Crippen LogP contribution in [-0.4, -0.2) is 19.0 Å². The standard InChI is InChI=1S/C11H12ClNO3/c1-7(14)13-10(11(15)16-2)8-4-3-5-9(12)6-8/h3-6,10H,1-2H3,(H,13,14). The van der Waals surface area contributed by atoms with Gasteiger partial charge < -0.3 is 10.1 Å². The van der Waals surface area contributed by atoms with Gasteiger partial charge in [0.25, 0.3) is 0 Å². The highest BCUT2D eigenvalue weighted by molar-refractivity contribution is 6.30. The molecule has 0 fully saturated rings. The zero-order valence-electron chi connectivity index (χ0n) is 8.99. The van der Waals surface area contributed by atoms with E-state index in [1.54, 1.807) is 24.3 Å². The summed E-state index contributed by atoms with van der Waals surface area (Å²) in [6.45, 7) is 1.33. The van der Waals surface area contributed by atoms with Gasteiger partial charge in [-0.3, -0.25) is 4.79 Å². The van der Waals surface area contributed by atoms with Crippen molar-refractivity contribution >= 4 is 23.5 Å². The van der Waals surface area contributed by atoms with Crippen molar-refractivity contribution in [1.82, 2.24) is 5.32 Å². The van der Waals surface area contributed by atoms with Crippen LogP contribution in [0.5, 0.6) is 0 Å². The molecule has 86 valence electrons. The van der Waals surface area contributed by atoms with E-state index in [0.29, 0.717) is 10.6 Å². The van der Waals surface area contributed by atoms with Gasteiger partial charge >= 0.3 is 5.97 Å². The van der Waals surface area contributed by atoms with Crippen LogP contribution in [0.15, 0.2) is 24.3 Å². The van der Waals surface area contributed by atoms with Crippen LogP contribution in [-0.2, 0) is 14.3 Å². The first-order chi connectivity index (χ1) is 7.54. The lowest BCUT2D eigenvalue weighted by molar-refractivity contribution is -0.145. The number of nitrogens with one attached hydrogen (secondary N) is 1. The van der Waals surface area contributed by atoms with Crippen LogP contribution in [0.3, 0.4) is 0 Å². The zero-order valence-corrected chi connectivity index (χ0v) is 9.75. The van der Waals surface area contributed by atoms with Crippen LogP contribution < -0.4 is 5.32 Å². The van der Waals surface area contributed by atoms with E-state index >= 15 is 0 Å². The quantitative estimate of drug-likeness (QED) is 0.820. The monoisotopic (exact) mass is 241 g/mol. The van der Waals surface area contributed by atoms with Gasteiger partial charge in [0.1, 0.15) is 0 Å². The van der Waals surface area contributed by atoms with Crippen LogP contribution in [0.2, 0.25) is 5.02 Å². The first-order valence-corrected chi connectivity index (χ1v) is 5.02. The van der Waals surface area contributed by atoms with Gasteiger partial charge in [0, 0.05) is 11.9 Å². The zero-order chi connectivity index (χ0) is 12.1. The summed E-state index contributed by atoms with van der Waals surface area (Å²) in [5, 5.41) is 3.00. The van der Waals surface area contributed by atoms with Gasteiger partial charge in [-0.15, -0.1) is 0 Å². The van der Waals surface area contributed by atoms with Crippen LogP contribution in [0, 0.1) is 0 Å². The largest absolute Gasteiger partial charge is 0.467 e. The minimum Gasteiger partial charge on any atom is -0.467 e. The van der Waals surface area contributed by atoms with E-state index in [1.165, 1.54) is 14.0 Å². The Hall–Kier alpha value is -1.55. The molecule has 1 N–H and O–H groups in total. The maximum atomic E-state index is 11.5. The minimum atomic E-state index is -0.818. The molecule has 1 rings (SSSR count). The molecule has 0 aliphatic heterocycles. The molecule has 1 aromatic carbocycles. The van der Waals surface area contributed by atoms with Gasteiger partial charge in [0.15, 0.2) is 6.04 Å².